The lowest BCUT2D eigenvalue weighted by molar-refractivity contribution is 0.0683. The Bertz CT molecular complexity index is 807. The van der Waals surface area contributed by atoms with E-state index in [9.17, 15) is 4.79 Å². The number of carbonyl (C=O) groups excluding carboxylic acids is 1. The number of likely N-dealkylation sites (tertiary alicyclic amines) is 1. The van der Waals surface area contributed by atoms with Crippen LogP contribution in [0.15, 0.2) is 22.7 Å². The molecule has 146 valence electrons. The molecule has 0 saturated carbocycles. The molecule has 1 amide bonds. The molecule has 1 unspecified atom stereocenters. The predicted octanol–water partition coefficient (Wildman–Crippen LogP) is 4.16. The van der Waals surface area contributed by atoms with Crippen molar-refractivity contribution in [2.24, 2.45) is 5.92 Å². The summed E-state index contributed by atoms with van der Waals surface area (Å²) in [7, 11) is 0. The van der Waals surface area contributed by atoms with Gasteiger partial charge in [-0.25, -0.2) is 0 Å². The normalized spacial score (nSPS) is 17.8. The Morgan fingerprint density at radius 2 is 2.15 bits per heavy atom. The molecular formula is C21H30N4O2. The van der Waals surface area contributed by atoms with Crippen LogP contribution in [0, 0.1) is 12.8 Å². The third kappa shape index (κ3) is 4.67. The van der Waals surface area contributed by atoms with Crippen molar-refractivity contribution in [3.63, 3.8) is 0 Å². The zero-order valence-electron chi connectivity index (χ0n) is 17.0. The van der Waals surface area contributed by atoms with E-state index in [-0.39, 0.29) is 11.3 Å². The number of hydrogen-bond acceptors (Lipinski definition) is 5. The second-order valence-electron chi connectivity index (χ2n) is 8.64. The van der Waals surface area contributed by atoms with Gasteiger partial charge in [-0.3, -0.25) is 4.79 Å². The number of rotatable bonds is 4. The Labute approximate surface area is 161 Å². The molecule has 2 heterocycles. The van der Waals surface area contributed by atoms with Gasteiger partial charge in [0, 0.05) is 29.8 Å². The minimum atomic E-state index is -0.133. The number of anilines is 1. The fourth-order valence-corrected chi connectivity index (χ4v) is 3.35. The third-order valence-electron chi connectivity index (χ3n) is 4.99. The molecular weight excluding hydrogens is 340 g/mol. The number of carbonyl (C=O) groups is 1. The first-order valence-corrected chi connectivity index (χ1v) is 9.71. The van der Waals surface area contributed by atoms with Gasteiger partial charge in [0.2, 0.25) is 5.89 Å². The molecule has 1 aromatic carbocycles. The second kappa shape index (κ2) is 7.71. The van der Waals surface area contributed by atoms with E-state index in [4.69, 9.17) is 4.52 Å². The van der Waals surface area contributed by atoms with E-state index in [1.165, 1.54) is 6.42 Å². The smallest absolute Gasteiger partial charge is 0.253 e. The highest BCUT2D eigenvalue weighted by Crippen LogP contribution is 2.22. The number of piperidine rings is 1. The van der Waals surface area contributed by atoms with Gasteiger partial charge in [-0.2, -0.15) is 4.98 Å². The van der Waals surface area contributed by atoms with Gasteiger partial charge in [0.1, 0.15) is 0 Å². The number of aromatic nitrogens is 2. The van der Waals surface area contributed by atoms with Crippen molar-refractivity contribution in [1.29, 1.82) is 0 Å². The Kier molecular flexibility index (Phi) is 5.53. The van der Waals surface area contributed by atoms with Crippen LogP contribution in [0.3, 0.4) is 0 Å². The zero-order chi connectivity index (χ0) is 19.6. The summed E-state index contributed by atoms with van der Waals surface area (Å²) in [5.74, 6) is 1.97. The van der Waals surface area contributed by atoms with Crippen LogP contribution in [0.25, 0.3) is 0 Å². The van der Waals surface area contributed by atoms with E-state index in [1.54, 1.807) is 0 Å². The van der Waals surface area contributed by atoms with Crippen LogP contribution >= 0.6 is 0 Å². The van der Waals surface area contributed by atoms with Crippen molar-refractivity contribution in [3.05, 3.63) is 41.0 Å². The number of hydrogen-bond donors (Lipinski definition) is 1. The lowest BCUT2D eigenvalue weighted by Crippen LogP contribution is -2.39. The Morgan fingerprint density at radius 3 is 2.78 bits per heavy atom. The summed E-state index contributed by atoms with van der Waals surface area (Å²) in [4.78, 5) is 19.2. The zero-order valence-corrected chi connectivity index (χ0v) is 17.0. The van der Waals surface area contributed by atoms with Crippen LogP contribution in [0.2, 0.25) is 0 Å². The predicted molar refractivity (Wildman–Crippen MR) is 106 cm³/mol. The molecule has 0 aliphatic carbocycles. The fourth-order valence-electron chi connectivity index (χ4n) is 3.35. The average Bonchev–Trinajstić information content (AvgIpc) is 3.09. The first-order chi connectivity index (χ1) is 12.7. The first-order valence-electron chi connectivity index (χ1n) is 9.71. The molecule has 1 aromatic heterocycles. The summed E-state index contributed by atoms with van der Waals surface area (Å²) in [5.41, 5.74) is 2.61. The van der Waals surface area contributed by atoms with E-state index in [0.29, 0.717) is 24.2 Å². The molecule has 27 heavy (non-hydrogen) atoms. The van der Waals surface area contributed by atoms with Gasteiger partial charge in [-0.15, -0.1) is 0 Å². The molecule has 1 N–H and O–H groups in total. The molecule has 6 nitrogen and oxygen atoms in total. The SMILES string of the molecule is Cc1cc(C(=O)N2CCCC(C)C2)ccc1NCc1nc(C(C)(C)C)no1. The van der Waals surface area contributed by atoms with Gasteiger partial charge in [-0.05, 0) is 49.4 Å². The quantitative estimate of drug-likeness (QED) is 0.875. The second-order valence-corrected chi connectivity index (χ2v) is 8.64. The molecule has 6 heteroatoms. The summed E-state index contributed by atoms with van der Waals surface area (Å²) < 4.78 is 5.32. The van der Waals surface area contributed by atoms with Gasteiger partial charge < -0.3 is 14.7 Å². The maximum atomic E-state index is 12.8. The lowest BCUT2D eigenvalue weighted by Gasteiger charge is -2.31. The molecule has 2 aromatic rings. The molecule has 3 rings (SSSR count). The van der Waals surface area contributed by atoms with E-state index < -0.39 is 0 Å². The fraction of sp³-hybridized carbons (Fsp3) is 0.571. The monoisotopic (exact) mass is 370 g/mol. The van der Waals surface area contributed by atoms with Gasteiger partial charge in [0.15, 0.2) is 5.82 Å². The Hall–Kier alpha value is -2.37. The Balaban J connectivity index is 1.64. The van der Waals surface area contributed by atoms with Crippen molar-refractivity contribution in [2.45, 2.75) is 59.4 Å². The van der Waals surface area contributed by atoms with Gasteiger partial charge >= 0.3 is 0 Å². The number of amides is 1. The van der Waals surface area contributed by atoms with E-state index in [0.717, 1.165) is 36.3 Å². The summed E-state index contributed by atoms with van der Waals surface area (Å²) in [6.07, 6.45) is 2.30. The van der Waals surface area contributed by atoms with Crippen molar-refractivity contribution in [1.82, 2.24) is 15.0 Å². The molecule has 0 bridgehead atoms. The molecule has 1 fully saturated rings. The lowest BCUT2D eigenvalue weighted by atomic mass is 9.96. The maximum Gasteiger partial charge on any atom is 0.253 e. The van der Waals surface area contributed by atoms with Crippen molar-refractivity contribution < 1.29 is 9.32 Å². The summed E-state index contributed by atoms with van der Waals surface area (Å²) in [6, 6.07) is 5.81. The number of nitrogens with zero attached hydrogens (tertiary/aromatic N) is 3. The minimum absolute atomic E-state index is 0.128. The van der Waals surface area contributed by atoms with E-state index in [1.807, 2.05) is 30.0 Å². The summed E-state index contributed by atoms with van der Waals surface area (Å²) in [5, 5.41) is 7.37. The molecule has 0 radical (unpaired) electrons. The highest BCUT2D eigenvalue weighted by atomic mass is 16.5. The van der Waals surface area contributed by atoms with Gasteiger partial charge in [0.05, 0.1) is 6.54 Å². The maximum absolute atomic E-state index is 12.8. The molecule has 0 spiro atoms. The number of benzene rings is 1. The first kappa shape index (κ1) is 19.4. The van der Waals surface area contributed by atoms with Crippen LogP contribution in [0.1, 0.15) is 68.2 Å². The number of nitrogens with one attached hydrogen (secondary N) is 1. The van der Waals surface area contributed by atoms with Crippen molar-refractivity contribution in [2.75, 3.05) is 18.4 Å². The summed E-state index contributed by atoms with van der Waals surface area (Å²) in [6.45, 7) is 12.5. The van der Waals surface area contributed by atoms with Crippen LogP contribution in [-0.4, -0.2) is 34.0 Å². The molecule has 1 aliphatic heterocycles. The average molecular weight is 370 g/mol. The van der Waals surface area contributed by atoms with E-state index >= 15 is 0 Å². The third-order valence-corrected chi connectivity index (χ3v) is 4.99. The Morgan fingerprint density at radius 1 is 1.37 bits per heavy atom. The molecule has 1 saturated heterocycles. The van der Waals surface area contributed by atoms with Crippen molar-refractivity contribution in [3.8, 4) is 0 Å². The van der Waals surface area contributed by atoms with Crippen LogP contribution in [0.4, 0.5) is 5.69 Å². The van der Waals surface area contributed by atoms with Gasteiger partial charge in [0.25, 0.3) is 5.91 Å². The highest BCUT2D eigenvalue weighted by molar-refractivity contribution is 5.95. The molecule has 1 atom stereocenters. The largest absolute Gasteiger partial charge is 0.376 e. The van der Waals surface area contributed by atoms with Crippen LogP contribution < -0.4 is 5.32 Å². The standard InChI is InChI=1S/C21H30N4O2/c1-14-7-6-10-25(13-14)19(26)16-8-9-17(15(2)11-16)22-12-18-23-20(24-27-18)21(3,4)5/h8-9,11,14,22H,6-7,10,12-13H2,1-5H3. The van der Waals surface area contributed by atoms with Crippen molar-refractivity contribution >= 4 is 11.6 Å². The highest BCUT2D eigenvalue weighted by Gasteiger charge is 2.23. The van der Waals surface area contributed by atoms with E-state index in [2.05, 4.69) is 43.2 Å². The van der Waals surface area contributed by atoms with Gasteiger partial charge in [-0.1, -0.05) is 32.9 Å². The van der Waals surface area contributed by atoms with Crippen LogP contribution in [0.5, 0.6) is 0 Å². The number of aryl methyl sites for hydroxylation is 1. The topological polar surface area (TPSA) is 71.3 Å². The minimum Gasteiger partial charge on any atom is -0.376 e. The molecule has 1 aliphatic rings. The van der Waals surface area contributed by atoms with Crippen LogP contribution in [-0.2, 0) is 12.0 Å². The summed E-state index contributed by atoms with van der Waals surface area (Å²) >= 11 is 0.